The highest BCUT2D eigenvalue weighted by Gasteiger charge is 2.33. The molecule has 170 valence electrons. The summed E-state index contributed by atoms with van der Waals surface area (Å²) in [5, 5.41) is 0.652. The molecule has 0 aliphatic carbocycles. The third-order valence-electron chi connectivity index (χ3n) is 6.32. The summed E-state index contributed by atoms with van der Waals surface area (Å²) in [6, 6.07) is 7.31. The molecule has 2 aliphatic rings. The second-order valence-corrected chi connectivity index (χ2v) is 8.45. The molecule has 3 heterocycles. The van der Waals surface area contributed by atoms with Gasteiger partial charge in [0, 0.05) is 43.3 Å². The number of fused-ring (bicyclic) bond motifs is 1. The fraction of sp³-hybridized carbons (Fsp3) is 0.500. The van der Waals surface area contributed by atoms with E-state index in [4.69, 9.17) is 4.74 Å². The normalized spacial score (nSPS) is 18.7. The molecule has 8 heteroatoms. The Balaban J connectivity index is 1.54. The largest absolute Gasteiger partial charge is 0.466 e. The van der Waals surface area contributed by atoms with Crippen molar-refractivity contribution < 1.29 is 23.9 Å². The molecule has 2 aromatic rings. The molecule has 0 saturated carbocycles. The van der Waals surface area contributed by atoms with Crippen molar-refractivity contribution in [2.45, 2.75) is 39.2 Å². The lowest BCUT2D eigenvalue weighted by Gasteiger charge is -2.31. The Morgan fingerprint density at radius 3 is 2.47 bits per heavy atom. The average molecular weight is 440 g/mol. The first-order valence-corrected chi connectivity index (χ1v) is 11.4. The van der Waals surface area contributed by atoms with Gasteiger partial charge < -0.3 is 19.1 Å². The number of piperidine rings is 1. The number of ether oxygens (including phenoxy) is 1. The van der Waals surface area contributed by atoms with E-state index in [0.717, 1.165) is 31.4 Å². The number of aromatic nitrogens is 1. The van der Waals surface area contributed by atoms with E-state index in [1.807, 2.05) is 23.1 Å². The predicted octanol–water partition coefficient (Wildman–Crippen LogP) is 2.25. The number of rotatable bonds is 6. The van der Waals surface area contributed by atoms with Crippen LogP contribution in [0.15, 0.2) is 30.5 Å². The SMILES string of the molecule is CCOC(=O)[C@@H]1CCCN(C(=O)C(=O)c2cn(CC(=O)N3CCCC3)c3ccccc23)C1. The Morgan fingerprint density at radius 2 is 1.72 bits per heavy atom. The van der Waals surface area contributed by atoms with Gasteiger partial charge in [-0.2, -0.15) is 0 Å². The van der Waals surface area contributed by atoms with Crippen LogP contribution in [0.2, 0.25) is 0 Å². The van der Waals surface area contributed by atoms with Crippen molar-refractivity contribution >= 4 is 34.5 Å². The van der Waals surface area contributed by atoms with Crippen molar-refractivity contribution in [2.24, 2.45) is 5.92 Å². The molecule has 4 rings (SSSR count). The van der Waals surface area contributed by atoms with E-state index in [-0.39, 0.29) is 37.1 Å². The minimum absolute atomic E-state index is 0.0156. The van der Waals surface area contributed by atoms with Crippen molar-refractivity contribution in [1.29, 1.82) is 0 Å². The standard InChI is InChI=1S/C24H29N3O5/c1-2-32-24(31)17-8-7-13-26(14-17)23(30)22(29)19-15-27(20-10-4-3-9-18(19)20)16-21(28)25-11-5-6-12-25/h3-4,9-10,15,17H,2,5-8,11-14,16H2,1H3/t17-/m1/s1. The molecule has 0 bridgehead atoms. The molecule has 0 spiro atoms. The van der Waals surface area contributed by atoms with E-state index in [0.29, 0.717) is 24.8 Å². The third kappa shape index (κ3) is 4.40. The Morgan fingerprint density at radius 1 is 1.00 bits per heavy atom. The zero-order chi connectivity index (χ0) is 22.7. The average Bonchev–Trinajstić information content (AvgIpc) is 3.47. The molecule has 1 aromatic carbocycles. The minimum Gasteiger partial charge on any atom is -0.466 e. The van der Waals surface area contributed by atoms with Gasteiger partial charge in [0.05, 0.1) is 18.1 Å². The van der Waals surface area contributed by atoms with E-state index in [1.165, 1.54) is 4.90 Å². The molecule has 2 amide bonds. The van der Waals surface area contributed by atoms with Gasteiger partial charge in [-0.15, -0.1) is 0 Å². The van der Waals surface area contributed by atoms with Crippen LogP contribution in [0, 0.1) is 5.92 Å². The molecule has 0 unspecified atom stereocenters. The Labute approximate surface area is 187 Å². The van der Waals surface area contributed by atoms with Crippen LogP contribution >= 0.6 is 0 Å². The number of hydrogen-bond acceptors (Lipinski definition) is 5. The summed E-state index contributed by atoms with van der Waals surface area (Å²) in [7, 11) is 0. The van der Waals surface area contributed by atoms with Gasteiger partial charge in [0.25, 0.3) is 11.7 Å². The number of benzene rings is 1. The topological polar surface area (TPSA) is 88.9 Å². The lowest BCUT2D eigenvalue weighted by atomic mass is 9.97. The van der Waals surface area contributed by atoms with Gasteiger partial charge in [0.1, 0.15) is 6.54 Å². The second-order valence-electron chi connectivity index (χ2n) is 8.45. The van der Waals surface area contributed by atoms with Gasteiger partial charge in [-0.25, -0.2) is 0 Å². The number of hydrogen-bond donors (Lipinski definition) is 0. The number of para-hydroxylation sites is 1. The van der Waals surface area contributed by atoms with Crippen molar-refractivity contribution in [2.75, 3.05) is 32.8 Å². The fourth-order valence-electron chi connectivity index (χ4n) is 4.64. The molecule has 2 aliphatic heterocycles. The molecule has 8 nitrogen and oxygen atoms in total. The minimum atomic E-state index is -0.618. The summed E-state index contributed by atoms with van der Waals surface area (Å²) in [5.41, 5.74) is 1.04. The van der Waals surface area contributed by atoms with Crippen molar-refractivity contribution in [1.82, 2.24) is 14.4 Å². The van der Waals surface area contributed by atoms with Gasteiger partial charge in [0.2, 0.25) is 5.91 Å². The van der Waals surface area contributed by atoms with Gasteiger partial charge in [-0.05, 0) is 38.7 Å². The second kappa shape index (κ2) is 9.54. The number of ketones is 1. The first-order valence-electron chi connectivity index (χ1n) is 11.4. The van der Waals surface area contributed by atoms with E-state index in [1.54, 1.807) is 23.8 Å². The quantitative estimate of drug-likeness (QED) is 0.391. The van der Waals surface area contributed by atoms with Crippen LogP contribution in [0.3, 0.4) is 0 Å². The molecule has 0 radical (unpaired) electrons. The maximum Gasteiger partial charge on any atom is 0.310 e. The first-order chi connectivity index (χ1) is 15.5. The third-order valence-corrected chi connectivity index (χ3v) is 6.32. The van der Waals surface area contributed by atoms with Crippen LogP contribution in [0.4, 0.5) is 0 Å². The molecular formula is C24H29N3O5. The number of amides is 2. The van der Waals surface area contributed by atoms with Gasteiger partial charge >= 0.3 is 5.97 Å². The molecular weight excluding hydrogens is 410 g/mol. The summed E-state index contributed by atoms with van der Waals surface area (Å²) in [5.74, 6) is -1.94. The van der Waals surface area contributed by atoms with Gasteiger partial charge in [-0.3, -0.25) is 19.2 Å². The van der Waals surface area contributed by atoms with Crippen LogP contribution in [0.5, 0.6) is 0 Å². The van der Waals surface area contributed by atoms with Crippen molar-refractivity contribution in [3.05, 3.63) is 36.0 Å². The zero-order valence-corrected chi connectivity index (χ0v) is 18.4. The predicted molar refractivity (Wildman–Crippen MR) is 118 cm³/mol. The highest BCUT2D eigenvalue weighted by Crippen LogP contribution is 2.25. The summed E-state index contributed by atoms with van der Waals surface area (Å²) in [4.78, 5) is 54.3. The molecule has 2 saturated heterocycles. The van der Waals surface area contributed by atoms with Crippen LogP contribution < -0.4 is 0 Å². The smallest absolute Gasteiger partial charge is 0.310 e. The monoisotopic (exact) mass is 439 g/mol. The van der Waals surface area contributed by atoms with E-state index in [2.05, 4.69) is 0 Å². The van der Waals surface area contributed by atoms with Crippen molar-refractivity contribution in [3.63, 3.8) is 0 Å². The fourth-order valence-corrected chi connectivity index (χ4v) is 4.64. The Kier molecular flexibility index (Phi) is 6.58. The van der Waals surface area contributed by atoms with Crippen LogP contribution in [-0.4, -0.2) is 70.7 Å². The number of Topliss-reactive ketones (excluding diaryl/α,β-unsaturated/α-hetero) is 1. The van der Waals surface area contributed by atoms with Crippen LogP contribution in [0.1, 0.15) is 43.0 Å². The summed E-state index contributed by atoms with van der Waals surface area (Å²) in [6.07, 6.45) is 4.94. The molecule has 2 fully saturated rings. The number of esters is 1. The Hall–Kier alpha value is -3.16. The number of nitrogens with zero attached hydrogens (tertiary/aromatic N) is 3. The van der Waals surface area contributed by atoms with Crippen molar-refractivity contribution in [3.8, 4) is 0 Å². The summed E-state index contributed by atoms with van der Waals surface area (Å²) >= 11 is 0. The zero-order valence-electron chi connectivity index (χ0n) is 18.4. The Bertz CT molecular complexity index is 1040. The molecule has 1 aromatic heterocycles. The number of carbonyl (C=O) groups excluding carboxylic acids is 4. The van der Waals surface area contributed by atoms with E-state index in [9.17, 15) is 19.2 Å². The summed E-state index contributed by atoms with van der Waals surface area (Å²) in [6.45, 7) is 4.33. The molecule has 0 N–H and O–H groups in total. The maximum absolute atomic E-state index is 13.2. The van der Waals surface area contributed by atoms with Gasteiger partial charge in [0.15, 0.2) is 0 Å². The lowest BCUT2D eigenvalue weighted by molar-refractivity contribution is -0.150. The van der Waals surface area contributed by atoms with Gasteiger partial charge in [-0.1, -0.05) is 18.2 Å². The number of carbonyl (C=O) groups is 4. The lowest BCUT2D eigenvalue weighted by Crippen LogP contribution is -2.45. The highest BCUT2D eigenvalue weighted by atomic mass is 16.5. The molecule has 1 atom stereocenters. The maximum atomic E-state index is 13.2. The van der Waals surface area contributed by atoms with Crippen LogP contribution in [-0.2, 0) is 25.7 Å². The highest BCUT2D eigenvalue weighted by molar-refractivity contribution is 6.45. The summed E-state index contributed by atoms with van der Waals surface area (Å²) < 4.78 is 6.85. The first kappa shape index (κ1) is 22.0. The van der Waals surface area contributed by atoms with Crippen LogP contribution in [0.25, 0.3) is 10.9 Å². The number of likely N-dealkylation sites (tertiary alicyclic amines) is 2. The van der Waals surface area contributed by atoms with E-state index >= 15 is 0 Å². The molecule has 32 heavy (non-hydrogen) atoms. The van der Waals surface area contributed by atoms with E-state index < -0.39 is 17.6 Å².